The molecule has 0 radical (unpaired) electrons. The molecule has 4 N–H and O–H groups in total. The number of esters is 2. The Morgan fingerprint density at radius 2 is 1.47 bits per heavy atom. The van der Waals surface area contributed by atoms with Crippen LogP contribution >= 0.6 is 0 Å². The van der Waals surface area contributed by atoms with Crippen LogP contribution in [0, 0.1) is 5.92 Å². The fourth-order valence-electron chi connectivity index (χ4n) is 5.06. The number of methoxy groups -OCH3 is 1. The van der Waals surface area contributed by atoms with Crippen LogP contribution in [0.1, 0.15) is 117 Å². The van der Waals surface area contributed by atoms with E-state index in [4.69, 9.17) is 9.47 Å². The lowest BCUT2D eigenvalue weighted by Gasteiger charge is -2.34. The van der Waals surface area contributed by atoms with E-state index in [2.05, 4.69) is 12.2 Å². The summed E-state index contributed by atoms with van der Waals surface area (Å²) < 4.78 is 10.2. The van der Waals surface area contributed by atoms with Crippen LogP contribution in [-0.4, -0.2) is 69.3 Å². The van der Waals surface area contributed by atoms with Crippen molar-refractivity contribution in [1.29, 1.82) is 0 Å². The molecule has 0 spiro atoms. The van der Waals surface area contributed by atoms with Gasteiger partial charge in [-0.25, -0.2) is 9.59 Å². The largest absolute Gasteiger partial charge is 0.508 e. The predicted molar refractivity (Wildman–Crippen MR) is 178 cm³/mol. The summed E-state index contributed by atoms with van der Waals surface area (Å²) in [4.78, 5) is 63.6. The molecular weight excluding hydrogens is 606 g/mol. The molecule has 0 fully saturated rings. The number of hydrogen-bond acceptors (Lipinski definition) is 9. The smallest absolute Gasteiger partial charge is 0.340 e. The molecule has 1 aromatic carbocycles. The van der Waals surface area contributed by atoms with Crippen LogP contribution in [0.4, 0.5) is 0 Å². The number of carboxylic acid groups (broad SMARTS) is 1. The van der Waals surface area contributed by atoms with Crippen LogP contribution in [0.15, 0.2) is 36.4 Å². The van der Waals surface area contributed by atoms with Gasteiger partial charge >= 0.3 is 17.9 Å². The number of rotatable bonds is 23. The van der Waals surface area contributed by atoms with Gasteiger partial charge in [0.15, 0.2) is 5.60 Å². The Bertz CT molecular complexity index is 1170. The quantitative estimate of drug-likeness (QED) is 0.0658. The van der Waals surface area contributed by atoms with Crippen molar-refractivity contribution >= 4 is 29.6 Å². The van der Waals surface area contributed by atoms with Crippen molar-refractivity contribution in [2.75, 3.05) is 7.11 Å². The minimum absolute atomic E-state index is 0.00959. The van der Waals surface area contributed by atoms with Gasteiger partial charge in [0.2, 0.25) is 5.91 Å². The number of aliphatic hydroxyl groups is 1. The van der Waals surface area contributed by atoms with Gasteiger partial charge in [-0.3, -0.25) is 14.4 Å². The Labute approximate surface area is 279 Å². The third kappa shape index (κ3) is 16.6. The van der Waals surface area contributed by atoms with Gasteiger partial charge in [-0.05, 0) is 64.2 Å². The Morgan fingerprint density at radius 3 is 2.00 bits per heavy atom. The molecule has 0 saturated carbocycles. The average molecular weight is 662 g/mol. The molecule has 0 aliphatic rings. The molecule has 264 valence electrons. The van der Waals surface area contributed by atoms with E-state index in [0.29, 0.717) is 31.2 Å². The fraction of sp³-hybridized carbons (Fsp3) is 0.639. The first-order valence-electron chi connectivity index (χ1n) is 16.6. The van der Waals surface area contributed by atoms with E-state index in [9.17, 15) is 39.3 Å². The highest BCUT2D eigenvalue weighted by Gasteiger charge is 2.51. The summed E-state index contributed by atoms with van der Waals surface area (Å²) in [5.74, 6) is -6.04. The van der Waals surface area contributed by atoms with E-state index in [1.165, 1.54) is 31.1 Å². The van der Waals surface area contributed by atoms with Crippen molar-refractivity contribution in [2.45, 2.75) is 135 Å². The van der Waals surface area contributed by atoms with Gasteiger partial charge in [0, 0.05) is 19.3 Å². The predicted octanol–water partition coefficient (Wildman–Crippen LogP) is 5.58. The van der Waals surface area contributed by atoms with Crippen LogP contribution in [-0.2, 0) is 39.9 Å². The minimum atomic E-state index is -2.80. The monoisotopic (exact) mass is 661 g/mol. The van der Waals surface area contributed by atoms with Crippen LogP contribution < -0.4 is 5.32 Å². The molecule has 1 amide bonds. The average Bonchev–Trinajstić information content (AvgIpc) is 2.99. The number of carbonyl (C=O) groups is 5. The summed E-state index contributed by atoms with van der Waals surface area (Å²) in [6, 6.07) is 4.69. The number of phenols is 1. The third-order valence-electron chi connectivity index (χ3n) is 7.61. The lowest BCUT2D eigenvalue weighted by atomic mass is 9.82. The van der Waals surface area contributed by atoms with Gasteiger partial charge in [0.1, 0.15) is 23.2 Å². The SMILES string of the molecule is CCCCCCCC(=O)CCCCCC/C=C/[C@H](C(=O)N[C@@H](Cc1ccc(O)cc1)C(=O)OC)[C@@](O)(CC(=O)O)C(=O)OC(C)(C)C. The first-order valence-corrected chi connectivity index (χ1v) is 16.6. The summed E-state index contributed by atoms with van der Waals surface area (Å²) in [6.45, 7) is 6.79. The summed E-state index contributed by atoms with van der Waals surface area (Å²) in [5.41, 5.74) is -3.32. The molecule has 1 rings (SSSR count). The van der Waals surface area contributed by atoms with Crippen molar-refractivity contribution in [3.05, 3.63) is 42.0 Å². The second-order valence-electron chi connectivity index (χ2n) is 13.0. The van der Waals surface area contributed by atoms with Gasteiger partial charge in [-0.2, -0.15) is 0 Å². The topological polar surface area (TPSA) is 177 Å². The zero-order chi connectivity index (χ0) is 35.5. The van der Waals surface area contributed by atoms with Gasteiger partial charge in [0.25, 0.3) is 0 Å². The van der Waals surface area contributed by atoms with Crippen molar-refractivity contribution in [3.63, 3.8) is 0 Å². The second-order valence-corrected chi connectivity index (χ2v) is 13.0. The first kappa shape index (κ1) is 41.3. The van der Waals surface area contributed by atoms with E-state index >= 15 is 0 Å². The Morgan fingerprint density at radius 1 is 0.894 bits per heavy atom. The molecule has 0 aliphatic carbocycles. The van der Waals surface area contributed by atoms with Crippen LogP contribution in [0.2, 0.25) is 0 Å². The molecule has 47 heavy (non-hydrogen) atoms. The standard InChI is InChI=1S/C36H55NO10/c1-6-7-8-11-14-17-27(38)18-15-12-9-10-13-16-19-29(36(45,25-31(40)41)34(44)47-35(2,3)4)32(42)37-30(33(43)46-5)24-26-20-22-28(39)23-21-26/h16,19-23,29-30,39,45H,6-15,17-18,24-25H2,1-5H3,(H,37,42)(H,40,41)/b19-16+/t29-,30+,36+/m1/s1. The highest BCUT2D eigenvalue weighted by atomic mass is 16.6. The highest BCUT2D eigenvalue weighted by molar-refractivity contribution is 5.95. The minimum Gasteiger partial charge on any atom is -0.508 e. The molecule has 1 aromatic rings. The number of ether oxygens (including phenoxy) is 2. The molecule has 0 heterocycles. The maximum absolute atomic E-state index is 13.7. The van der Waals surface area contributed by atoms with Crippen LogP contribution in [0.25, 0.3) is 0 Å². The summed E-state index contributed by atoms with van der Waals surface area (Å²) in [5, 5.41) is 33.3. The number of aliphatic carboxylic acids is 1. The molecule has 0 bridgehead atoms. The number of unbranched alkanes of at least 4 members (excludes halogenated alkanes) is 8. The normalized spacial score (nSPS) is 14.2. The van der Waals surface area contributed by atoms with Crippen molar-refractivity contribution in [3.8, 4) is 5.75 Å². The lowest BCUT2D eigenvalue weighted by molar-refractivity contribution is -0.187. The van der Waals surface area contributed by atoms with Crippen molar-refractivity contribution in [1.82, 2.24) is 5.32 Å². The number of Topliss-reactive ketones (excluding diaryl/α,β-unsaturated/α-hetero) is 1. The molecule has 11 heteroatoms. The summed E-state index contributed by atoms with van der Waals surface area (Å²) in [7, 11) is 1.14. The second kappa shape index (κ2) is 21.2. The maximum Gasteiger partial charge on any atom is 0.340 e. The van der Waals surface area contributed by atoms with Crippen LogP contribution in [0.5, 0.6) is 5.75 Å². The Balaban J connectivity index is 3.04. The number of aromatic hydroxyl groups is 1. The molecule has 0 aromatic heterocycles. The van der Waals surface area contributed by atoms with Gasteiger partial charge in [-0.15, -0.1) is 0 Å². The zero-order valence-corrected chi connectivity index (χ0v) is 28.7. The maximum atomic E-state index is 13.7. The van der Waals surface area contributed by atoms with E-state index in [1.54, 1.807) is 39.0 Å². The Kier molecular flexibility index (Phi) is 18.6. The van der Waals surface area contributed by atoms with Gasteiger partial charge < -0.3 is 30.1 Å². The highest BCUT2D eigenvalue weighted by Crippen LogP contribution is 2.29. The molecule has 0 unspecified atom stereocenters. The number of nitrogens with one attached hydrogen (secondary N) is 1. The summed E-state index contributed by atoms with van der Waals surface area (Å²) >= 11 is 0. The zero-order valence-electron chi connectivity index (χ0n) is 28.7. The van der Waals surface area contributed by atoms with Crippen molar-refractivity contribution in [2.24, 2.45) is 5.92 Å². The number of hydrogen-bond donors (Lipinski definition) is 4. The van der Waals surface area contributed by atoms with Crippen molar-refractivity contribution < 1.29 is 48.8 Å². The number of carbonyl (C=O) groups excluding carboxylic acids is 4. The Hall–Kier alpha value is -3.73. The fourth-order valence-corrected chi connectivity index (χ4v) is 5.06. The molecule has 3 atom stereocenters. The van der Waals surface area contributed by atoms with Crippen LogP contribution in [0.3, 0.4) is 0 Å². The number of ketones is 1. The number of allylic oxidation sites excluding steroid dienone is 1. The molecule has 0 aliphatic heterocycles. The van der Waals surface area contributed by atoms with E-state index in [-0.39, 0.29) is 18.0 Å². The van der Waals surface area contributed by atoms with Gasteiger partial charge in [-0.1, -0.05) is 69.7 Å². The number of benzene rings is 1. The van der Waals surface area contributed by atoms with E-state index < -0.39 is 53.4 Å². The molecular formula is C36H55NO10. The molecule has 11 nitrogen and oxygen atoms in total. The van der Waals surface area contributed by atoms with E-state index in [1.807, 2.05) is 0 Å². The van der Waals surface area contributed by atoms with E-state index in [0.717, 1.165) is 45.6 Å². The number of phenolic OH excluding ortho intramolecular Hbond substituents is 1. The first-order chi connectivity index (χ1) is 22.1. The number of carboxylic acids is 1. The summed E-state index contributed by atoms with van der Waals surface area (Å²) in [6.07, 6.45) is 12.0. The molecule has 0 saturated heterocycles. The lowest BCUT2D eigenvalue weighted by Crippen LogP contribution is -2.57. The number of amides is 1. The van der Waals surface area contributed by atoms with Gasteiger partial charge in [0.05, 0.1) is 19.4 Å². The third-order valence-corrected chi connectivity index (χ3v) is 7.61.